The van der Waals surface area contributed by atoms with Crippen LogP contribution in [0.3, 0.4) is 0 Å². The largest absolute Gasteiger partial charge is 0.394 e. The smallest absolute Gasteiger partial charge is 0.191 e. The molecule has 0 amide bonds. The standard InChI is InChI=1S/C14H24N6O2S/c1-2-7-23-14-16-12(15)11-13(17-14)20(19-18-11)9-3-4-10(8-9)22-6-5-21/h9-10,18-19,21H,2-8H2,1H3,(H2,15,16,17)/t9-,10+/m0/s1. The molecule has 1 aromatic rings. The minimum Gasteiger partial charge on any atom is -0.394 e. The normalized spacial score (nSPS) is 23.1. The Hall–Kier alpha value is -1.29. The number of nitrogens with zero attached hydrogens (tertiary/aromatic N) is 3. The number of aliphatic hydroxyl groups excluding tert-OH is 1. The van der Waals surface area contributed by atoms with Gasteiger partial charge in [-0.05, 0) is 25.7 Å². The van der Waals surface area contributed by atoms with Gasteiger partial charge in [0.05, 0.1) is 25.4 Å². The second-order valence-corrected chi connectivity index (χ2v) is 6.79. The summed E-state index contributed by atoms with van der Waals surface area (Å²) in [6.07, 6.45) is 4.14. The van der Waals surface area contributed by atoms with Gasteiger partial charge in [0.15, 0.2) is 16.8 Å². The highest BCUT2D eigenvalue weighted by Gasteiger charge is 2.35. The van der Waals surface area contributed by atoms with Gasteiger partial charge in [-0.3, -0.25) is 10.4 Å². The molecule has 9 heteroatoms. The lowest BCUT2D eigenvalue weighted by Gasteiger charge is -2.24. The lowest BCUT2D eigenvalue weighted by Crippen LogP contribution is -2.43. The molecular weight excluding hydrogens is 316 g/mol. The maximum atomic E-state index is 8.88. The predicted octanol–water partition coefficient (Wildman–Crippen LogP) is 1.14. The Labute approximate surface area is 140 Å². The van der Waals surface area contributed by atoms with Crippen LogP contribution in [0.5, 0.6) is 0 Å². The third-order valence-corrected chi connectivity index (χ3v) is 5.08. The van der Waals surface area contributed by atoms with E-state index in [0.717, 1.165) is 42.9 Å². The summed E-state index contributed by atoms with van der Waals surface area (Å²) < 4.78 is 5.64. The molecule has 0 radical (unpaired) electrons. The molecule has 1 aliphatic heterocycles. The lowest BCUT2D eigenvalue weighted by atomic mass is 10.2. The van der Waals surface area contributed by atoms with Crippen molar-refractivity contribution >= 4 is 29.1 Å². The summed E-state index contributed by atoms with van der Waals surface area (Å²) in [6, 6.07) is 0.283. The number of hydrogen-bond acceptors (Lipinski definition) is 9. The Balaban J connectivity index is 1.72. The van der Waals surface area contributed by atoms with Crippen LogP contribution in [0.15, 0.2) is 5.16 Å². The first-order valence-corrected chi connectivity index (χ1v) is 9.05. The van der Waals surface area contributed by atoms with E-state index in [1.165, 1.54) is 0 Å². The van der Waals surface area contributed by atoms with Crippen molar-refractivity contribution in [1.29, 1.82) is 0 Å². The number of ether oxygens (including phenoxy) is 1. The number of hydrogen-bond donors (Lipinski definition) is 4. The minimum absolute atomic E-state index is 0.0648. The summed E-state index contributed by atoms with van der Waals surface area (Å²) in [4.78, 5) is 9.00. The van der Waals surface area contributed by atoms with Crippen LogP contribution < -0.4 is 21.7 Å². The van der Waals surface area contributed by atoms with Crippen LogP contribution in [0, 0.1) is 0 Å². The quantitative estimate of drug-likeness (QED) is 0.429. The van der Waals surface area contributed by atoms with Crippen LogP contribution in [-0.4, -0.2) is 46.2 Å². The Bertz CT molecular complexity index is 546. The fourth-order valence-electron chi connectivity index (χ4n) is 2.95. The number of aromatic nitrogens is 2. The fourth-order valence-corrected chi connectivity index (χ4v) is 3.65. The van der Waals surface area contributed by atoms with E-state index in [0.29, 0.717) is 17.6 Å². The molecule has 1 saturated carbocycles. The maximum absolute atomic E-state index is 8.88. The molecule has 1 aromatic heterocycles. The first kappa shape index (κ1) is 16.6. The van der Waals surface area contributed by atoms with E-state index in [1.54, 1.807) is 11.8 Å². The topological polar surface area (TPSA) is 109 Å². The zero-order chi connectivity index (χ0) is 16.2. The maximum Gasteiger partial charge on any atom is 0.191 e. The van der Waals surface area contributed by atoms with E-state index in [9.17, 15) is 0 Å². The number of aliphatic hydroxyl groups is 1. The molecule has 2 aliphatic rings. The van der Waals surface area contributed by atoms with Gasteiger partial charge in [-0.1, -0.05) is 18.7 Å². The van der Waals surface area contributed by atoms with E-state index < -0.39 is 0 Å². The van der Waals surface area contributed by atoms with Gasteiger partial charge in [0, 0.05) is 5.75 Å². The number of nitrogens with one attached hydrogen (secondary N) is 2. The van der Waals surface area contributed by atoms with Crippen molar-refractivity contribution in [3.8, 4) is 0 Å². The molecule has 1 aliphatic carbocycles. The summed E-state index contributed by atoms with van der Waals surface area (Å²) in [6.45, 7) is 2.59. The molecular formula is C14H24N6O2S. The van der Waals surface area contributed by atoms with E-state index in [2.05, 4.69) is 27.9 Å². The SMILES string of the molecule is CCCSc1nc(N)c2c(n1)N([C@H]1CC[C@@H](OCCO)C1)NN2. The summed E-state index contributed by atoms with van der Waals surface area (Å²) in [5.74, 6) is 2.25. The number of hydrazine groups is 2. The monoisotopic (exact) mass is 340 g/mol. The average Bonchev–Trinajstić information content (AvgIpc) is 3.17. The summed E-state index contributed by atoms with van der Waals surface area (Å²) >= 11 is 1.62. The van der Waals surface area contributed by atoms with Crippen LogP contribution in [0.25, 0.3) is 0 Å². The van der Waals surface area contributed by atoms with Crippen LogP contribution in [0.4, 0.5) is 17.3 Å². The van der Waals surface area contributed by atoms with E-state index in [-0.39, 0.29) is 18.8 Å². The van der Waals surface area contributed by atoms with Gasteiger partial charge in [0.2, 0.25) is 0 Å². The zero-order valence-electron chi connectivity index (χ0n) is 13.3. The Morgan fingerprint density at radius 2 is 2.30 bits per heavy atom. The molecule has 23 heavy (non-hydrogen) atoms. The number of rotatable bonds is 7. The van der Waals surface area contributed by atoms with Gasteiger partial charge in [-0.15, -0.1) is 5.53 Å². The fraction of sp³-hybridized carbons (Fsp3) is 0.714. The van der Waals surface area contributed by atoms with Gasteiger partial charge in [-0.25, -0.2) is 9.97 Å². The molecule has 8 nitrogen and oxygen atoms in total. The molecule has 5 N–H and O–H groups in total. The minimum atomic E-state index is 0.0648. The molecule has 1 fully saturated rings. The Kier molecular flexibility index (Phi) is 5.42. The molecule has 0 bridgehead atoms. The van der Waals surface area contributed by atoms with Gasteiger partial charge in [-0.2, -0.15) is 0 Å². The molecule has 3 rings (SSSR count). The molecule has 128 valence electrons. The summed E-state index contributed by atoms with van der Waals surface area (Å²) in [7, 11) is 0. The summed E-state index contributed by atoms with van der Waals surface area (Å²) in [5.41, 5.74) is 13.0. The van der Waals surface area contributed by atoms with Crippen molar-refractivity contribution < 1.29 is 9.84 Å². The highest BCUT2D eigenvalue weighted by molar-refractivity contribution is 7.99. The molecule has 2 heterocycles. The molecule has 0 spiro atoms. The van der Waals surface area contributed by atoms with Crippen LogP contribution in [0.2, 0.25) is 0 Å². The molecule has 2 atom stereocenters. The Morgan fingerprint density at radius 3 is 3.09 bits per heavy atom. The zero-order valence-corrected chi connectivity index (χ0v) is 14.1. The summed E-state index contributed by atoms with van der Waals surface area (Å²) in [5, 5.41) is 11.6. The number of nitrogen functional groups attached to an aromatic ring is 1. The Morgan fingerprint density at radius 1 is 1.43 bits per heavy atom. The van der Waals surface area contributed by atoms with E-state index in [1.807, 2.05) is 5.01 Å². The van der Waals surface area contributed by atoms with Crippen molar-refractivity contribution in [3.63, 3.8) is 0 Å². The van der Waals surface area contributed by atoms with Gasteiger partial charge in [0.25, 0.3) is 0 Å². The van der Waals surface area contributed by atoms with Gasteiger partial charge < -0.3 is 15.6 Å². The average molecular weight is 340 g/mol. The van der Waals surface area contributed by atoms with E-state index in [4.69, 9.17) is 15.6 Å². The number of fused-ring (bicyclic) bond motifs is 1. The second kappa shape index (κ2) is 7.52. The molecule has 0 aromatic carbocycles. The van der Waals surface area contributed by atoms with Crippen molar-refractivity contribution in [2.45, 2.75) is 49.9 Å². The van der Waals surface area contributed by atoms with Crippen molar-refractivity contribution in [2.24, 2.45) is 0 Å². The molecule has 0 saturated heterocycles. The third kappa shape index (κ3) is 3.63. The highest BCUT2D eigenvalue weighted by Crippen LogP contribution is 2.38. The lowest BCUT2D eigenvalue weighted by molar-refractivity contribution is 0.0321. The van der Waals surface area contributed by atoms with Crippen molar-refractivity contribution in [2.75, 3.05) is 35.1 Å². The molecule has 0 unspecified atom stereocenters. The number of anilines is 3. The first-order valence-electron chi connectivity index (χ1n) is 8.06. The van der Waals surface area contributed by atoms with Crippen molar-refractivity contribution in [1.82, 2.24) is 15.5 Å². The van der Waals surface area contributed by atoms with Crippen LogP contribution in [0.1, 0.15) is 32.6 Å². The predicted molar refractivity (Wildman–Crippen MR) is 91.2 cm³/mol. The van der Waals surface area contributed by atoms with Crippen LogP contribution in [-0.2, 0) is 4.74 Å². The second-order valence-electron chi connectivity index (χ2n) is 5.73. The van der Waals surface area contributed by atoms with Crippen LogP contribution >= 0.6 is 11.8 Å². The van der Waals surface area contributed by atoms with Gasteiger partial charge in [0.1, 0.15) is 5.69 Å². The third-order valence-electron chi connectivity index (χ3n) is 4.03. The number of nitrogens with two attached hydrogens (primary N) is 1. The number of thioether (sulfide) groups is 1. The van der Waals surface area contributed by atoms with Gasteiger partial charge >= 0.3 is 0 Å². The van der Waals surface area contributed by atoms with Crippen molar-refractivity contribution in [3.05, 3.63) is 0 Å². The first-order chi connectivity index (χ1) is 11.2. The van der Waals surface area contributed by atoms with E-state index >= 15 is 0 Å². The highest BCUT2D eigenvalue weighted by atomic mass is 32.2.